The predicted octanol–water partition coefficient (Wildman–Crippen LogP) is 4.43. The second-order valence-corrected chi connectivity index (χ2v) is 11.2. The first-order valence-electron chi connectivity index (χ1n) is 13.0. The highest BCUT2D eigenvalue weighted by Gasteiger charge is 2.43. The Morgan fingerprint density at radius 1 is 1.05 bits per heavy atom. The molecule has 8 nitrogen and oxygen atoms in total. The molecule has 9 heteroatoms. The zero-order valence-corrected chi connectivity index (χ0v) is 23.4. The summed E-state index contributed by atoms with van der Waals surface area (Å²) < 4.78 is 0. The molecule has 1 fully saturated rings. The Labute approximate surface area is 232 Å². The van der Waals surface area contributed by atoms with Gasteiger partial charge in [0.25, 0.3) is 5.91 Å². The van der Waals surface area contributed by atoms with Gasteiger partial charge in [-0.25, -0.2) is 9.97 Å². The summed E-state index contributed by atoms with van der Waals surface area (Å²) in [4.78, 5) is 30.1. The van der Waals surface area contributed by atoms with Gasteiger partial charge in [-0.2, -0.15) is 0 Å². The van der Waals surface area contributed by atoms with Gasteiger partial charge in [0.1, 0.15) is 5.82 Å². The number of nitrogens with zero attached hydrogens (tertiary/aromatic N) is 4. The summed E-state index contributed by atoms with van der Waals surface area (Å²) in [6.45, 7) is 7.01. The van der Waals surface area contributed by atoms with E-state index in [2.05, 4.69) is 15.2 Å². The summed E-state index contributed by atoms with van der Waals surface area (Å²) in [6, 6.07) is 17.3. The highest BCUT2D eigenvalue weighted by Crippen LogP contribution is 2.33. The molecule has 4 aromatic rings. The molecule has 0 saturated carbocycles. The van der Waals surface area contributed by atoms with E-state index < -0.39 is 5.79 Å². The van der Waals surface area contributed by atoms with Gasteiger partial charge in [-0.05, 0) is 61.2 Å². The van der Waals surface area contributed by atoms with Gasteiger partial charge in [-0.3, -0.25) is 9.78 Å². The van der Waals surface area contributed by atoms with E-state index in [0.29, 0.717) is 30.9 Å². The molecule has 1 aromatic carbocycles. The van der Waals surface area contributed by atoms with Crippen LogP contribution in [0.1, 0.15) is 35.5 Å². The quantitative estimate of drug-likeness (QED) is 0.242. The first-order valence-corrected chi connectivity index (χ1v) is 14.2. The Balaban J connectivity index is 1.34. The zero-order valence-electron chi connectivity index (χ0n) is 22.5. The highest BCUT2D eigenvalue weighted by atomic mass is 32.2. The molecule has 1 amide bonds. The Morgan fingerprint density at radius 2 is 1.79 bits per heavy atom. The van der Waals surface area contributed by atoms with E-state index in [1.807, 2.05) is 81.6 Å². The third kappa shape index (κ3) is 5.61. The highest BCUT2D eigenvalue weighted by molar-refractivity contribution is 7.98. The van der Waals surface area contributed by atoms with Crippen LogP contribution in [0, 0.1) is 18.8 Å². The lowest BCUT2D eigenvalue weighted by molar-refractivity contribution is -0.233. The van der Waals surface area contributed by atoms with Crippen LogP contribution in [0.3, 0.4) is 0 Å². The molecule has 0 radical (unpaired) electrons. The molecule has 4 heterocycles. The van der Waals surface area contributed by atoms with Crippen LogP contribution in [0.2, 0.25) is 0 Å². The second-order valence-electron chi connectivity index (χ2n) is 10.3. The van der Waals surface area contributed by atoms with E-state index in [0.717, 1.165) is 38.6 Å². The van der Waals surface area contributed by atoms with E-state index in [1.54, 1.807) is 18.0 Å². The lowest BCUT2D eigenvalue weighted by Gasteiger charge is -2.44. The van der Waals surface area contributed by atoms with Gasteiger partial charge in [0.15, 0.2) is 5.79 Å². The number of amides is 1. The molecule has 202 valence electrons. The smallest absolute Gasteiger partial charge is 0.251 e. The molecule has 2 atom stereocenters. The SMILES string of the molecule is CSc1cc(C(=O)NCc2cc3nc(-c4cccc(N5CC(C)C(O)(O)C(C)C5)n4)ccc3cn2)ccc1C. The number of rotatable bonds is 6. The molecule has 5 rings (SSSR count). The van der Waals surface area contributed by atoms with Crippen LogP contribution in [-0.4, -0.2) is 56.2 Å². The number of carbonyl (C=O) groups excluding carboxylic acids is 1. The number of aryl methyl sites for hydroxylation is 1. The standard InChI is InChI=1S/C30H33N5O3S/c1-18-8-9-21(12-27(18)39-4)29(36)32-15-23-13-26-22(14-31-23)10-11-25(33-26)24-6-5-7-28(34-24)35-16-19(2)30(37,38)20(3)17-35/h5-14,19-20,37-38H,15-17H2,1-4H3,(H,32,36). The number of pyridine rings is 3. The van der Waals surface area contributed by atoms with Crippen LogP contribution < -0.4 is 10.2 Å². The summed E-state index contributed by atoms with van der Waals surface area (Å²) >= 11 is 1.62. The molecule has 2 unspecified atom stereocenters. The van der Waals surface area contributed by atoms with Gasteiger partial charge < -0.3 is 20.4 Å². The molecule has 0 spiro atoms. The monoisotopic (exact) mass is 543 g/mol. The number of anilines is 1. The molecule has 3 N–H and O–H groups in total. The van der Waals surface area contributed by atoms with Crippen molar-refractivity contribution >= 4 is 34.4 Å². The van der Waals surface area contributed by atoms with Crippen LogP contribution >= 0.6 is 11.8 Å². The lowest BCUT2D eigenvalue weighted by Crippen LogP contribution is -2.56. The maximum atomic E-state index is 12.7. The van der Waals surface area contributed by atoms with Crippen LogP contribution in [0.5, 0.6) is 0 Å². The predicted molar refractivity (Wildman–Crippen MR) is 155 cm³/mol. The number of piperidine rings is 1. The Bertz CT molecular complexity index is 1510. The molecule has 0 aliphatic carbocycles. The van der Waals surface area contributed by atoms with Crippen LogP contribution in [0.15, 0.2) is 65.7 Å². The summed E-state index contributed by atoms with van der Waals surface area (Å²) in [5.41, 5.74) is 4.71. The minimum absolute atomic E-state index is 0.143. The number of hydrogen-bond donors (Lipinski definition) is 3. The van der Waals surface area contributed by atoms with Crippen molar-refractivity contribution in [3.05, 3.63) is 77.6 Å². The van der Waals surface area contributed by atoms with Gasteiger partial charge in [-0.15, -0.1) is 11.8 Å². The number of benzene rings is 1. The Kier molecular flexibility index (Phi) is 7.57. The molecule has 1 aliphatic rings. The molecule has 39 heavy (non-hydrogen) atoms. The number of carbonyl (C=O) groups is 1. The minimum atomic E-state index is -1.68. The van der Waals surface area contributed by atoms with Gasteiger partial charge in [0.05, 0.1) is 29.1 Å². The first kappa shape index (κ1) is 27.1. The summed E-state index contributed by atoms with van der Waals surface area (Å²) in [6.07, 6.45) is 3.77. The number of hydrogen-bond acceptors (Lipinski definition) is 8. The van der Waals surface area contributed by atoms with Crippen LogP contribution in [-0.2, 0) is 6.54 Å². The Hall–Kier alpha value is -3.53. The average Bonchev–Trinajstić information content (AvgIpc) is 2.94. The normalized spacial score (nSPS) is 18.8. The van der Waals surface area contributed by atoms with Crippen molar-refractivity contribution in [3.8, 4) is 11.4 Å². The van der Waals surface area contributed by atoms with Crippen LogP contribution in [0.25, 0.3) is 22.3 Å². The summed E-state index contributed by atoms with van der Waals surface area (Å²) in [5.74, 6) is -1.67. The number of thioether (sulfide) groups is 1. The van der Waals surface area contributed by atoms with Crippen LogP contribution in [0.4, 0.5) is 5.82 Å². The molecule has 3 aromatic heterocycles. The van der Waals surface area contributed by atoms with Gasteiger partial charge in [0, 0.05) is 47.0 Å². The van der Waals surface area contributed by atoms with Crippen molar-refractivity contribution in [2.75, 3.05) is 24.2 Å². The van der Waals surface area contributed by atoms with Gasteiger partial charge >= 0.3 is 0 Å². The van der Waals surface area contributed by atoms with E-state index in [1.165, 1.54) is 0 Å². The van der Waals surface area contributed by atoms with E-state index in [4.69, 9.17) is 9.97 Å². The number of nitrogens with one attached hydrogen (secondary N) is 1. The van der Waals surface area contributed by atoms with Gasteiger partial charge in [-0.1, -0.05) is 26.0 Å². The number of aromatic nitrogens is 3. The third-order valence-corrected chi connectivity index (χ3v) is 8.37. The molecule has 1 saturated heterocycles. The molecular weight excluding hydrogens is 510 g/mol. The maximum Gasteiger partial charge on any atom is 0.251 e. The second kappa shape index (κ2) is 10.9. The van der Waals surface area contributed by atoms with Crippen molar-refractivity contribution < 1.29 is 15.0 Å². The van der Waals surface area contributed by atoms with E-state index in [9.17, 15) is 15.0 Å². The summed E-state index contributed by atoms with van der Waals surface area (Å²) in [7, 11) is 0. The molecular formula is C30H33N5O3S. The fourth-order valence-electron chi connectivity index (χ4n) is 4.95. The minimum Gasteiger partial charge on any atom is -0.365 e. The average molecular weight is 544 g/mol. The topological polar surface area (TPSA) is 111 Å². The third-order valence-electron chi connectivity index (χ3n) is 7.49. The number of fused-ring (bicyclic) bond motifs is 1. The number of aliphatic hydroxyl groups is 2. The van der Waals surface area contributed by atoms with Crippen molar-refractivity contribution in [1.29, 1.82) is 0 Å². The van der Waals surface area contributed by atoms with Gasteiger partial charge in [0.2, 0.25) is 0 Å². The molecule has 0 bridgehead atoms. The lowest BCUT2D eigenvalue weighted by atomic mass is 9.84. The maximum absolute atomic E-state index is 12.7. The zero-order chi connectivity index (χ0) is 27.7. The van der Waals surface area contributed by atoms with Crippen molar-refractivity contribution in [3.63, 3.8) is 0 Å². The van der Waals surface area contributed by atoms with Crippen molar-refractivity contribution in [2.24, 2.45) is 11.8 Å². The fraction of sp³-hybridized carbons (Fsp3) is 0.333. The first-order chi connectivity index (χ1) is 18.7. The van der Waals surface area contributed by atoms with E-state index in [-0.39, 0.29) is 17.7 Å². The summed E-state index contributed by atoms with van der Waals surface area (Å²) in [5, 5.41) is 24.6. The Morgan fingerprint density at radius 3 is 2.54 bits per heavy atom. The van der Waals surface area contributed by atoms with Crippen molar-refractivity contribution in [1.82, 2.24) is 20.3 Å². The van der Waals surface area contributed by atoms with E-state index >= 15 is 0 Å². The molecule has 1 aliphatic heterocycles. The largest absolute Gasteiger partial charge is 0.365 e. The van der Waals surface area contributed by atoms with Crippen molar-refractivity contribution in [2.45, 2.75) is 38.0 Å². The fourth-order valence-corrected chi connectivity index (χ4v) is 5.59.